The average molecular weight is 828 g/mol. The van der Waals surface area contributed by atoms with Crippen molar-refractivity contribution in [2.75, 3.05) is 25.0 Å². The number of amides is 3. The van der Waals surface area contributed by atoms with E-state index in [0.29, 0.717) is 36.0 Å². The maximum absolute atomic E-state index is 15.1. The highest BCUT2D eigenvalue weighted by molar-refractivity contribution is 6.02. The number of pyridine rings is 1. The summed E-state index contributed by atoms with van der Waals surface area (Å²) in [7, 11) is 1.92. The third kappa shape index (κ3) is 8.59. The SMILES string of the molecule is Cn1nc(C2CCC(=O)NC2=O)c2ccc(C3CCN(CC4(C(=O)NC5CCC(Nc6ncc(F)c(-c7cccc(-n8ccccc8=O)c7)n6)CC5)CCCCC4)CC3)cc21. The molecule has 9 rings (SSSR count). The summed E-state index contributed by atoms with van der Waals surface area (Å²) in [6.45, 7) is 2.66. The number of nitrogens with one attached hydrogen (secondary N) is 3. The van der Waals surface area contributed by atoms with Crippen molar-refractivity contribution in [3.05, 3.63) is 100 Å². The molecule has 2 saturated carbocycles. The molecule has 0 radical (unpaired) electrons. The van der Waals surface area contributed by atoms with E-state index in [4.69, 9.17) is 5.10 Å². The molecule has 5 heterocycles. The molecule has 2 aromatic carbocycles. The molecule has 3 aromatic heterocycles. The van der Waals surface area contributed by atoms with Crippen molar-refractivity contribution in [2.45, 2.75) is 107 Å². The van der Waals surface area contributed by atoms with Crippen molar-refractivity contribution < 1.29 is 18.8 Å². The number of halogens is 1. The van der Waals surface area contributed by atoms with E-state index in [1.165, 1.54) is 28.8 Å². The van der Waals surface area contributed by atoms with Crippen LogP contribution in [0.25, 0.3) is 27.8 Å². The first kappa shape index (κ1) is 40.6. The predicted octanol–water partition coefficient (Wildman–Crippen LogP) is 6.51. The highest BCUT2D eigenvalue weighted by Gasteiger charge is 2.42. The molecular formula is C47H54FN9O4. The molecule has 2 saturated heterocycles. The van der Waals surface area contributed by atoms with Gasteiger partial charge in [-0.3, -0.25) is 33.7 Å². The summed E-state index contributed by atoms with van der Waals surface area (Å²) in [4.78, 5) is 62.4. The minimum Gasteiger partial charge on any atom is -0.353 e. The van der Waals surface area contributed by atoms with Crippen molar-refractivity contribution in [1.82, 2.24) is 39.8 Å². The van der Waals surface area contributed by atoms with E-state index in [-0.39, 0.29) is 46.5 Å². The molecule has 1 unspecified atom stereocenters. The Hall–Kier alpha value is -5.76. The normalized spacial score (nSPS) is 22.5. The van der Waals surface area contributed by atoms with Crippen LogP contribution in [0.2, 0.25) is 0 Å². The number of aryl methyl sites for hydroxylation is 1. The number of imide groups is 1. The van der Waals surface area contributed by atoms with E-state index < -0.39 is 11.7 Å². The minimum absolute atomic E-state index is 0.0941. The molecule has 61 heavy (non-hydrogen) atoms. The van der Waals surface area contributed by atoms with Crippen molar-refractivity contribution >= 4 is 34.6 Å². The summed E-state index contributed by atoms with van der Waals surface area (Å²) < 4.78 is 18.5. The van der Waals surface area contributed by atoms with E-state index in [1.54, 1.807) is 42.6 Å². The third-order valence-electron chi connectivity index (χ3n) is 13.7. The zero-order chi connectivity index (χ0) is 42.1. The summed E-state index contributed by atoms with van der Waals surface area (Å²) in [5, 5.41) is 15.1. The van der Waals surface area contributed by atoms with Gasteiger partial charge in [0.1, 0.15) is 5.69 Å². The Morgan fingerprint density at radius 1 is 0.902 bits per heavy atom. The van der Waals surface area contributed by atoms with Gasteiger partial charge in [0.2, 0.25) is 23.7 Å². The molecule has 13 nitrogen and oxygen atoms in total. The van der Waals surface area contributed by atoms with Gasteiger partial charge >= 0.3 is 0 Å². The van der Waals surface area contributed by atoms with E-state index in [2.05, 4.69) is 49.0 Å². The Morgan fingerprint density at radius 3 is 2.46 bits per heavy atom. The highest BCUT2D eigenvalue weighted by Crippen LogP contribution is 2.40. The molecule has 2 aliphatic carbocycles. The number of fused-ring (bicyclic) bond motifs is 1. The predicted molar refractivity (Wildman–Crippen MR) is 231 cm³/mol. The fourth-order valence-electron chi connectivity index (χ4n) is 10.3. The zero-order valence-corrected chi connectivity index (χ0v) is 34.7. The first-order valence-electron chi connectivity index (χ1n) is 22.0. The highest BCUT2D eigenvalue weighted by atomic mass is 19.1. The fourth-order valence-corrected chi connectivity index (χ4v) is 10.3. The van der Waals surface area contributed by atoms with Crippen LogP contribution in [0, 0.1) is 11.2 Å². The first-order chi connectivity index (χ1) is 29.6. The standard InChI is InChI=1S/C47H54FN9O4/c1-55-39-27-31(11-16-36(39)43(54-55)37-17-18-40(58)52-44(37)60)30-19-24-56(25-20-30)29-47(21-4-2-5-22-47)45(61)50-33-12-14-34(15-13-33)51-46-49-28-38(48)42(53-46)32-8-7-9-35(26-32)57-23-6-3-10-41(57)59/h3,6-11,16,23,26-28,30,33-34,37H,2,4-5,12-15,17-22,24-25,29H2,1H3,(H,50,61)(H,49,51,53)(H,52,58,60). The molecule has 0 spiro atoms. The van der Waals surface area contributed by atoms with Gasteiger partial charge in [-0.2, -0.15) is 5.10 Å². The molecule has 4 aliphatic rings. The molecular weight excluding hydrogens is 774 g/mol. The Balaban J connectivity index is 0.790. The number of hydrogen-bond acceptors (Lipinski definition) is 9. The van der Waals surface area contributed by atoms with Gasteiger partial charge in [0.25, 0.3) is 5.56 Å². The van der Waals surface area contributed by atoms with Crippen LogP contribution in [0.4, 0.5) is 10.3 Å². The number of nitrogens with zero attached hydrogens (tertiary/aromatic N) is 6. The Kier molecular flexibility index (Phi) is 11.5. The second-order valence-corrected chi connectivity index (χ2v) is 17.7. The second-order valence-electron chi connectivity index (χ2n) is 17.7. The number of carbonyl (C=O) groups is 3. The molecule has 14 heteroatoms. The number of carbonyl (C=O) groups excluding carboxylic acids is 3. The van der Waals surface area contributed by atoms with Crippen molar-refractivity contribution in [3.63, 3.8) is 0 Å². The number of rotatable bonds is 10. The van der Waals surface area contributed by atoms with Crippen LogP contribution < -0.4 is 21.5 Å². The number of benzene rings is 2. The molecule has 2 aliphatic heterocycles. The quantitative estimate of drug-likeness (QED) is 0.134. The van der Waals surface area contributed by atoms with Crippen LogP contribution in [0.1, 0.15) is 107 Å². The average Bonchev–Trinajstić information content (AvgIpc) is 3.60. The van der Waals surface area contributed by atoms with Gasteiger partial charge in [-0.25, -0.2) is 14.4 Å². The number of likely N-dealkylation sites (tertiary alicyclic amines) is 1. The summed E-state index contributed by atoms with van der Waals surface area (Å²) in [5.41, 5.74) is 3.79. The lowest BCUT2D eigenvalue weighted by Crippen LogP contribution is -2.53. The molecule has 0 bridgehead atoms. The van der Waals surface area contributed by atoms with Gasteiger partial charge < -0.3 is 15.5 Å². The number of aromatic nitrogens is 5. The second kappa shape index (κ2) is 17.3. The lowest BCUT2D eigenvalue weighted by molar-refractivity contribution is -0.136. The molecule has 3 amide bonds. The van der Waals surface area contributed by atoms with Crippen LogP contribution in [0.15, 0.2) is 77.9 Å². The Labute approximate surface area is 354 Å². The van der Waals surface area contributed by atoms with Gasteiger partial charge in [-0.05, 0) is 107 Å². The van der Waals surface area contributed by atoms with E-state index >= 15 is 4.39 Å². The molecule has 5 aromatic rings. The van der Waals surface area contributed by atoms with Crippen molar-refractivity contribution in [3.8, 4) is 16.9 Å². The lowest BCUT2D eigenvalue weighted by Gasteiger charge is -2.43. The monoisotopic (exact) mass is 827 g/mol. The van der Waals surface area contributed by atoms with Gasteiger partial charge in [0.15, 0.2) is 5.82 Å². The van der Waals surface area contributed by atoms with Gasteiger partial charge in [0.05, 0.1) is 28.7 Å². The largest absolute Gasteiger partial charge is 0.353 e. The minimum atomic E-state index is -0.540. The smallest absolute Gasteiger partial charge is 0.255 e. The van der Waals surface area contributed by atoms with Crippen LogP contribution in [0.5, 0.6) is 0 Å². The number of anilines is 1. The maximum Gasteiger partial charge on any atom is 0.255 e. The van der Waals surface area contributed by atoms with Crippen LogP contribution in [-0.2, 0) is 21.4 Å². The Morgan fingerprint density at radius 2 is 1.69 bits per heavy atom. The fraction of sp³-hybridized carbons (Fsp3) is 0.468. The molecule has 1 atom stereocenters. The number of hydrogen-bond donors (Lipinski definition) is 3. The zero-order valence-electron chi connectivity index (χ0n) is 34.7. The van der Waals surface area contributed by atoms with Gasteiger partial charge in [-0.1, -0.05) is 49.6 Å². The van der Waals surface area contributed by atoms with Gasteiger partial charge in [-0.15, -0.1) is 0 Å². The van der Waals surface area contributed by atoms with E-state index in [1.807, 2.05) is 11.7 Å². The lowest BCUT2D eigenvalue weighted by atomic mass is 9.72. The molecule has 3 N–H and O–H groups in total. The van der Waals surface area contributed by atoms with Crippen LogP contribution in [0.3, 0.4) is 0 Å². The van der Waals surface area contributed by atoms with Crippen LogP contribution in [-0.4, -0.2) is 78.7 Å². The van der Waals surface area contributed by atoms with Crippen molar-refractivity contribution in [2.24, 2.45) is 12.5 Å². The van der Waals surface area contributed by atoms with E-state index in [9.17, 15) is 19.2 Å². The van der Waals surface area contributed by atoms with Crippen LogP contribution >= 0.6 is 0 Å². The van der Waals surface area contributed by atoms with Crippen molar-refractivity contribution in [1.29, 1.82) is 0 Å². The summed E-state index contributed by atoms with van der Waals surface area (Å²) in [6, 6.07) is 18.7. The maximum atomic E-state index is 15.1. The van der Waals surface area contributed by atoms with E-state index in [0.717, 1.165) is 100 Å². The first-order valence-corrected chi connectivity index (χ1v) is 22.0. The summed E-state index contributed by atoms with van der Waals surface area (Å²) in [5.74, 6) is -0.496. The molecule has 4 fully saturated rings. The topological polar surface area (TPSA) is 156 Å². The van der Waals surface area contributed by atoms with Gasteiger partial charge in [0, 0.05) is 61.0 Å². The summed E-state index contributed by atoms with van der Waals surface area (Å²) >= 11 is 0. The summed E-state index contributed by atoms with van der Waals surface area (Å²) in [6.07, 6.45) is 14.2. The molecule has 318 valence electrons. The third-order valence-corrected chi connectivity index (χ3v) is 13.7. The number of piperidine rings is 2. The Bertz CT molecular complexity index is 2500.